The van der Waals surface area contributed by atoms with Crippen LogP contribution in [0.15, 0.2) is 30.7 Å². The summed E-state index contributed by atoms with van der Waals surface area (Å²) in [5.41, 5.74) is 2.49. The number of rotatable bonds is 6. The van der Waals surface area contributed by atoms with Crippen molar-refractivity contribution in [3.8, 4) is 0 Å². The quantitative estimate of drug-likeness (QED) is 0.873. The molecule has 1 N–H and O–H groups in total. The first-order chi connectivity index (χ1) is 12.2. The lowest BCUT2D eigenvalue weighted by molar-refractivity contribution is -0.126. The topological polar surface area (TPSA) is 55.1 Å². The molecule has 0 bridgehead atoms. The molecule has 1 atom stereocenters. The third kappa shape index (κ3) is 3.95. The summed E-state index contributed by atoms with van der Waals surface area (Å²) >= 11 is 0. The molecule has 4 rings (SSSR count). The van der Waals surface area contributed by atoms with Crippen molar-refractivity contribution in [2.45, 2.75) is 45.9 Å². The molecule has 0 aromatic carbocycles. The molecule has 3 heterocycles. The van der Waals surface area contributed by atoms with Gasteiger partial charge in [0.25, 0.3) is 0 Å². The number of carbonyl (C=O) groups excluding carboxylic acids is 1. The molecule has 2 aromatic heterocycles. The van der Waals surface area contributed by atoms with E-state index in [0.717, 1.165) is 39.3 Å². The maximum Gasteiger partial charge on any atom is 0.226 e. The van der Waals surface area contributed by atoms with Crippen LogP contribution in [0, 0.1) is 11.8 Å². The van der Waals surface area contributed by atoms with E-state index in [1.165, 1.54) is 24.1 Å². The molecule has 0 spiro atoms. The monoisotopic (exact) mass is 341 g/mol. The number of nitrogens with one attached hydrogen (secondary N) is 1. The normalized spacial score (nSPS) is 20.9. The number of carbonyl (C=O) groups is 1. The Kier molecular flexibility index (Phi) is 4.61. The highest BCUT2D eigenvalue weighted by Gasteiger charge is 2.28. The first kappa shape index (κ1) is 16.4. The fourth-order valence-electron chi connectivity index (χ4n) is 3.59. The molecule has 134 valence electrons. The number of aryl methyl sites for hydroxylation is 1. The van der Waals surface area contributed by atoms with E-state index in [1.54, 1.807) is 0 Å². The van der Waals surface area contributed by atoms with Gasteiger partial charge in [-0.15, -0.1) is 0 Å². The van der Waals surface area contributed by atoms with Crippen LogP contribution in [0.2, 0.25) is 0 Å². The van der Waals surface area contributed by atoms with E-state index >= 15 is 0 Å². The molecule has 1 saturated carbocycles. The van der Waals surface area contributed by atoms with Crippen LogP contribution in [0.1, 0.15) is 31.0 Å². The minimum Gasteiger partial charge on any atom is -0.355 e. The molecule has 6 heteroatoms. The summed E-state index contributed by atoms with van der Waals surface area (Å²) in [6, 6.07) is 4.24. The van der Waals surface area contributed by atoms with Crippen molar-refractivity contribution in [1.29, 1.82) is 0 Å². The lowest BCUT2D eigenvalue weighted by Crippen LogP contribution is -2.39. The van der Waals surface area contributed by atoms with Crippen LogP contribution in [0.3, 0.4) is 0 Å². The Morgan fingerprint density at radius 2 is 2.24 bits per heavy atom. The number of nitrogens with zero attached hydrogens (tertiary/aromatic N) is 4. The minimum absolute atomic E-state index is 0.00591. The lowest BCUT2D eigenvalue weighted by Gasteiger charge is -2.23. The Labute approximate surface area is 148 Å². The van der Waals surface area contributed by atoms with Gasteiger partial charge in [-0.2, -0.15) is 5.10 Å². The van der Waals surface area contributed by atoms with Crippen LogP contribution >= 0.6 is 0 Å². The van der Waals surface area contributed by atoms with Crippen LogP contribution in [0.25, 0.3) is 0 Å². The molecule has 0 saturated heterocycles. The molecule has 25 heavy (non-hydrogen) atoms. The lowest BCUT2D eigenvalue weighted by atomic mass is 10.1. The number of hydrogen-bond acceptors (Lipinski definition) is 3. The summed E-state index contributed by atoms with van der Waals surface area (Å²) < 4.78 is 4.19. The summed E-state index contributed by atoms with van der Waals surface area (Å²) in [6.45, 7) is 7.08. The largest absolute Gasteiger partial charge is 0.355 e. The predicted octanol–water partition coefficient (Wildman–Crippen LogP) is 1.86. The maximum absolute atomic E-state index is 12.7. The van der Waals surface area contributed by atoms with Gasteiger partial charge in [0.2, 0.25) is 5.91 Å². The third-order valence-corrected chi connectivity index (χ3v) is 5.25. The second-order valence-electron chi connectivity index (χ2n) is 7.41. The number of aromatic nitrogens is 3. The molecule has 1 fully saturated rings. The van der Waals surface area contributed by atoms with E-state index in [-0.39, 0.29) is 11.8 Å². The molecule has 1 aliphatic carbocycles. The molecule has 6 nitrogen and oxygen atoms in total. The van der Waals surface area contributed by atoms with E-state index in [9.17, 15) is 4.79 Å². The summed E-state index contributed by atoms with van der Waals surface area (Å²) in [5.74, 6) is 0.907. The SMILES string of the molecule is CCn1cc(CN2Cc3cccn3CC(C(=O)NCC3CC3)C2)cn1. The van der Waals surface area contributed by atoms with E-state index < -0.39 is 0 Å². The fourth-order valence-corrected chi connectivity index (χ4v) is 3.59. The van der Waals surface area contributed by atoms with Crippen molar-refractivity contribution in [2.24, 2.45) is 11.8 Å². The van der Waals surface area contributed by atoms with Gasteiger partial charge in [-0.3, -0.25) is 14.4 Å². The Hall–Kier alpha value is -2.08. The molecule has 2 aromatic rings. The first-order valence-electron chi connectivity index (χ1n) is 9.36. The van der Waals surface area contributed by atoms with Gasteiger partial charge in [-0.1, -0.05) is 0 Å². The summed E-state index contributed by atoms with van der Waals surface area (Å²) in [5, 5.41) is 7.54. The minimum atomic E-state index is -0.00591. The van der Waals surface area contributed by atoms with E-state index in [1.807, 2.05) is 10.9 Å². The van der Waals surface area contributed by atoms with Gasteiger partial charge in [0, 0.05) is 62.9 Å². The van der Waals surface area contributed by atoms with Crippen molar-refractivity contribution in [3.63, 3.8) is 0 Å². The van der Waals surface area contributed by atoms with Crippen molar-refractivity contribution in [2.75, 3.05) is 13.1 Å². The molecular weight excluding hydrogens is 314 g/mol. The summed E-state index contributed by atoms with van der Waals surface area (Å²) in [4.78, 5) is 15.1. The number of amides is 1. The Bertz CT molecular complexity index is 730. The van der Waals surface area contributed by atoms with Crippen molar-refractivity contribution < 1.29 is 4.79 Å². The highest BCUT2D eigenvalue weighted by Crippen LogP contribution is 2.28. The second kappa shape index (κ2) is 7.04. The molecule has 0 radical (unpaired) electrons. The Morgan fingerprint density at radius 3 is 3.00 bits per heavy atom. The first-order valence-corrected chi connectivity index (χ1v) is 9.36. The average molecular weight is 341 g/mol. The molecule has 1 amide bonds. The van der Waals surface area contributed by atoms with Crippen molar-refractivity contribution in [1.82, 2.24) is 24.6 Å². The number of hydrogen-bond donors (Lipinski definition) is 1. The van der Waals surface area contributed by atoms with Crippen LogP contribution in [-0.2, 0) is 31.0 Å². The van der Waals surface area contributed by atoms with Gasteiger partial charge in [0.05, 0.1) is 12.1 Å². The van der Waals surface area contributed by atoms with Crippen LogP contribution in [0.4, 0.5) is 0 Å². The van der Waals surface area contributed by atoms with Gasteiger partial charge in [0.1, 0.15) is 0 Å². The van der Waals surface area contributed by atoms with Gasteiger partial charge < -0.3 is 9.88 Å². The van der Waals surface area contributed by atoms with Crippen LogP contribution in [-0.4, -0.2) is 38.2 Å². The number of fused-ring (bicyclic) bond motifs is 1. The molecule has 2 aliphatic rings. The summed E-state index contributed by atoms with van der Waals surface area (Å²) in [6.07, 6.45) is 8.66. The van der Waals surface area contributed by atoms with E-state index in [4.69, 9.17) is 0 Å². The highest BCUT2D eigenvalue weighted by molar-refractivity contribution is 5.78. The van der Waals surface area contributed by atoms with Gasteiger partial charge in [0.15, 0.2) is 0 Å². The van der Waals surface area contributed by atoms with E-state index in [2.05, 4.69) is 51.3 Å². The molecule has 1 aliphatic heterocycles. The molecule has 1 unspecified atom stereocenters. The second-order valence-corrected chi connectivity index (χ2v) is 7.41. The molecular formula is C19H27N5O. The highest BCUT2D eigenvalue weighted by atomic mass is 16.1. The van der Waals surface area contributed by atoms with Crippen molar-refractivity contribution in [3.05, 3.63) is 42.0 Å². The summed E-state index contributed by atoms with van der Waals surface area (Å²) in [7, 11) is 0. The zero-order valence-electron chi connectivity index (χ0n) is 14.9. The zero-order chi connectivity index (χ0) is 17.2. The van der Waals surface area contributed by atoms with Gasteiger partial charge >= 0.3 is 0 Å². The average Bonchev–Trinajstić information content (AvgIpc) is 3.23. The van der Waals surface area contributed by atoms with Crippen LogP contribution < -0.4 is 5.32 Å². The zero-order valence-corrected chi connectivity index (χ0v) is 14.9. The standard InChI is InChI=1S/C19H27N5O/c1-2-24-11-16(9-21-24)10-22-12-17(19(25)20-8-15-5-6-15)13-23-7-3-4-18(23)14-22/h3-4,7,9,11,15,17H,2,5-6,8,10,12-14H2,1H3,(H,20,25). The third-order valence-electron chi connectivity index (χ3n) is 5.25. The predicted molar refractivity (Wildman–Crippen MR) is 95.7 cm³/mol. The Morgan fingerprint density at radius 1 is 1.36 bits per heavy atom. The van der Waals surface area contributed by atoms with E-state index in [0.29, 0.717) is 5.92 Å². The van der Waals surface area contributed by atoms with Gasteiger partial charge in [-0.25, -0.2) is 0 Å². The Balaban J connectivity index is 1.47. The smallest absolute Gasteiger partial charge is 0.226 e. The van der Waals surface area contributed by atoms with Crippen LogP contribution in [0.5, 0.6) is 0 Å². The van der Waals surface area contributed by atoms with Crippen molar-refractivity contribution >= 4 is 5.91 Å². The fraction of sp³-hybridized carbons (Fsp3) is 0.579. The maximum atomic E-state index is 12.7. The van der Waals surface area contributed by atoms with Gasteiger partial charge in [-0.05, 0) is 37.8 Å².